The highest BCUT2D eigenvalue weighted by atomic mass is 35.5. The van der Waals surface area contributed by atoms with Crippen LogP contribution in [0.2, 0.25) is 15.1 Å². The van der Waals surface area contributed by atoms with Crippen molar-refractivity contribution in [1.29, 1.82) is 0 Å². The SMILES string of the molecule is Cc1ccc2c(Cl)cc(Cl)c(OCC(=O)Nc3ccc(C)c(Cl)c3)c2n1. The largest absolute Gasteiger partial charge is 0.480 e. The van der Waals surface area contributed by atoms with E-state index in [0.717, 1.165) is 11.3 Å². The summed E-state index contributed by atoms with van der Waals surface area (Å²) < 4.78 is 5.65. The first-order valence-corrected chi connectivity index (χ1v) is 8.92. The Kier molecular flexibility index (Phi) is 5.56. The third kappa shape index (κ3) is 4.04. The van der Waals surface area contributed by atoms with Crippen LogP contribution in [0, 0.1) is 13.8 Å². The molecule has 0 atom stereocenters. The third-order valence-corrected chi connectivity index (χ3v) is 4.78. The Morgan fingerprint density at radius 3 is 2.54 bits per heavy atom. The van der Waals surface area contributed by atoms with E-state index in [4.69, 9.17) is 39.5 Å². The molecule has 3 rings (SSSR count). The molecule has 0 radical (unpaired) electrons. The lowest BCUT2D eigenvalue weighted by Gasteiger charge is -2.12. The fourth-order valence-corrected chi connectivity index (χ4v) is 3.18. The molecular formula is C19H15Cl3N2O2. The summed E-state index contributed by atoms with van der Waals surface area (Å²) in [6.45, 7) is 3.52. The molecule has 0 fully saturated rings. The summed E-state index contributed by atoms with van der Waals surface area (Å²) in [5.41, 5.74) is 2.84. The van der Waals surface area contributed by atoms with E-state index in [1.807, 2.05) is 32.0 Å². The number of carbonyl (C=O) groups excluding carboxylic acids is 1. The smallest absolute Gasteiger partial charge is 0.262 e. The number of amides is 1. The van der Waals surface area contributed by atoms with Gasteiger partial charge in [0.05, 0.1) is 10.0 Å². The van der Waals surface area contributed by atoms with Crippen molar-refractivity contribution in [1.82, 2.24) is 4.98 Å². The molecule has 0 aliphatic carbocycles. The number of pyridine rings is 1. The van der Waals surface area contributed by atoms with Gasteiger partial charge in [-0.1, -0.05) is 40.9 Å². The van der Waals surface area contributed by atoms with Crippen LogP contribution in [0.25, 0.3) is 10.9 Å². The van der Waals surface area contributed by atoms with Gasteiger partial charge in [0.1, 0.15) is 5.52 Å². The summed E-state index contributed by atoms with van der Waals surface area (Å²) in [5, 5.41) is 4.80. The van der Waals surface area contributed by atoms with E-state index in [9.17, 15) is 4.79 Å². The van der Waals surface area contributed by atoms with E-state index in [0.29, 0.717) is 37.4 Å². The van der Waals surface area contributed by atoms with Crippen LogP contribution in [0.3, 0.4) is 0 Å². The van der Waals surface area contributed by atoms with Crippen LogP contribution in [0.5, 0.6) is 5.75 Å². The number of nitrogens with zero attached hydrogens (tertiary/aromatic N) is 1. The van der Waals surface area contributed by atoms with Crippen molar-refractivity contribution < 1.29 is 9.53 Å². The van der Waals surface area contributed by atoms with Gasteiger partial charge in [0.25, 0.3) is 5.91 Å². The van der Waals surface area contributed by atoms with E-state index in [-0.39, 0.29) is 12.5 Å². The summed E-state index contributed by atoms with van der Waals surface area (Å²) >= 11 is 18.5. The van der Waals surface area contributed by atoms with Crippen LogP contribution in [-0.2, 0) is 4.79 Å². The van der Waals surface area contributed by atoms with Crippen molar-refractivity contribution in [3.63, 3.8) is 0 Å². The number of fused-ring (bicyclic) bond motifs is 1. The molecule has 0 bridgehead atoms. The maximum atomic E-state index is 12.2. The average molecular weight is 410 g/mol. The number of halogens is 3. The van der Waals surface area contributed by atoms with Crippen molar-refractivity contribution in [3.8, 4) is 5.75 Å². The quantitative estimate of drug-likeness (QED) is 0.590. The van der Waals surface area contributed by atoms with Gasteiger partial charge in [0, 0.05) is 21.8 Å². The highest BCUT2D eigenvalue weighted by Crippen LogP contribution is 2.37. The number of aromatic nitrogens is 1. The second-order valence-electron chi connectivity index (χ2n) is 5.82. The van der Waals surface area contributed by atoms with Crippen molar-refractivity contribution in [2.24, 2.45) is 0 Å². The lowest BCUT2D eigenvalue weighted by molar-refractivity contribution is -0.118. The molecule has 0 aliphatic heterocycles. The van der Waals surface area contributed by atoms with E-state index in [2.05, 4.69) is 10.3 Å². The van der Waals surface area contributed by atoms with E-state index in [1.165, 1.54) is 0 Å². The first kappa shape index (κ1) is 18.8. The molecule has 0 spiro atoms. The van der Waals surface area contributed by atoms with Gasteiger partial charge in [-0.25, -0.2) is 4.98 Å². The summed E-state index contributed by atoms with van der Waals surface area (Å²) in [4.78, 5) is 16.6. The first-order chi connectivity index (χ1) is 12.3. The molecule has 3 aromatic rings. The van der Waals surface area contributed by atoms with Crippen LogP contribution in [-0.4, -0.2) is 17.5 Å². The Morgan fingerprint density at radius 1 is 1.04 bits per heavy atom. The highest BCUT2D eigenvalue weighted by Gasteiger charge is 2.15. The van der Waals surface area contributed by atoms with Gasteiger partial charge in [-0.3, -0.25) is 4.79 Å². The number of hydrogen-bond acceptors (Lipinski definition) is 3. The van der Waals surface area contributed by atoms with E-state index in [1.54, 1.807) is 18.2 Å². The van der Waals surface area contributed by atoms with Crippen LogP contribution in [0.15, 0.2) is 36.4 Å². The second kappa shape index (κ2) is 7.70. The number of ether oxygens (including phenoxy) is 1. The van der Waals surface area contributed by atoms with Crippen molar-refractivity contribution in [3.05, 3.63) is 62.7 Å². The number of nitrogens with one attached hydrogen (secondary N) is 1. The molecule has 1 heterocycles. The standard InChI is InChI=1S/C19H15Cl3N2O2/c1-10-3-5-12(7-14(10)20)24-17(25)9-26-19-16(22)8-15(21)13-6-4-11(2)23-18(13)19/h3-8H,9H2,1-2H3,(H,24,25). The summed E-state index contributed by atoms with van der Waals surface area (Å²) in [6.07, 6.45) is 0. The predicted octanol–water partition coefficient (Wildman–Crippen LogP) is 5.83. The number of rotatable bonds is 4. The average Bonchev–Trinajstić information content (AvgIpc) is 2.57. The van der Waals surface area contributed by atoms with Crippen molar-refractivity contribution in [2.75, 3.05) is 11.9 Å². The summed E-state index contributed by atoms with van der Waals surface area (Å²) in [5.74, 6) is -0.0106. The fraction of sp³-hybridized carbons (Fsp3) is 0.158. The Labute approximate surface area is 166 Å². The van der Waals surface area contributed by atoms with E-state index < -0.39 is 0 Å². The molecule has 1 aromatic heterocycles. The second-order valence-corrected chi connectivity index (χ2v) is 7.04. The zero-order valence-corrected chi connectivity index (χ0v) is 16.3. The zero-order valence-electron chi connectivity index (χ0n) is 14.1. The molecule has 1 amide bonds. The molecule has 0 unspecified atom stereocenters. The maximum Gasteiger partial charge on any atom is 0.262 e. The van der Waals surface area contributed by atoms with Gasteiger partial charge < -0.3 is 10.1 Å². The van der Waals surface area contributed by atoms with Gasteiger partial charge in [-0.15, -0.1) is 0 Å². The van der Waals surface area contributed by atoms with Crippen LogP contribution in [0.4, 0.5) is 5.69 Å². The molecule has 0 saturated heterocycles. The molecule has 0 aliphatic rings. The van der Waals surface area contributed by atoms with Crippen LogP contribution >= 0.6 is 34.8 Å². The number of benzene rings is 2. The summed E-state index contributed by atoms with van der Waals surface area (Å²) in [7, 11) is 0. The van der Waals surface area contributed by atoms with E-state index >= 15 is 0 Å². The number of aryl methyl sites for hydroxylation is 2. The Morgan fingerprint density at radius 2 is 1.81 bits per heavy atom. The van der Waals surface area contributed by atoms with Crippen LogP contribution in [0.1, 0.15) is 11.3 Å². The zero-order chi connectivity index (χ0) is 18.8. The maximum absolute atomic E-state index is 12.2. The van der Waals surface area contributed by atoms with Gasteiger partial charge in [0.15, 0.2) is 12.4 Å². The normalized spacial score (nSPS) is 10.8. The number of hydrogen-bond donors (Lipinski definition) is 1. The molecular weight excluding hydrogens is 395 g/mol. The molecule has 26 heavy (non-hydrogen) atoms. The lowest BCUT2D eigenvalue weighted by atomic mass is 10.2. The molecule has 7 heteroatoms. The van der Waals surface area contributed by atoms with Gasteiger partial charge in [-0.05, 0) is 49.7 Å². The van der Waals surface area contributed by atoms with Gasteiger partial charge in [0.2, 0.25) is 0 Å². The molecule has 0 saturated carbocycles. The predicted molar refractivity (Wildman–Crippen MR) is 107 cm³/mol. The Bertz CT molecular complexity index is 1010. The van der Waals surface area contributed by atoms with Crippen molar-refractivity contribution in [2.45, 2.75) is 13.8 Å². The molecule has 1 N–H and O–H groups in total. The number of anilines is 1. The minimum atomic E-state index is -0.336. The molecule has 134 valence electrons. The molecule has 4 nitrogen and oxygen atoms in total. The first-order valence-electron chi connectivity index (χ1n) is 7.79. The van der Waals surface area contributed by atoms with Crippen LogP contribution < -0.4 is 10.1 Å². The fourth-order valence-electron chi connectivity index (χ4n) is 2.43. The Hall–Kier alpha value is -2.01. The monoisotopic (exact) mass is 408 g/mol. The minimum Gasteiger partial charge on any atom is -0.480 e. The third-order valence-electron chi connectivity index (χ3n) is 3.78. The topological polar surface area (TPSA) is 51.2 Å². The highest BCUT2D eigenvalue weighted by molar-refractivity contribution is 6.39. The number of carbonyl (C=O) groups is 1. The lowest BCUT2D eigenvalue weighted by Crippen LogP contribution is -2.20. The molecule has 2 aromatic carbocycles. The summed E-state index contributed by atoms with van der Waals surface area (Å²) in [6, 6.07) is 10.6. The van der Waals surface area contributed by atoms with Gasteiger partial charge in [-0.2, -0.15) is 0 Å². The minimum absolute atomic E-state index is 0.225. The van der Waals surface area contributed by atoms with Crippen molar-refractivity contribution >= 4 is 57.3 Å². The Balaban J connectivity index is 1.80. The van der Waals surface area contributed by atoms with Gasteiger partial charge >= 0.3 is 0 Å².